The summed E-state index contributed by atoms with van der Waals surface area (Å²) < 4.78 is 5.10. The SMILES string of the molecule is CCCCCNC(=O)[C@H](Cc1ccc(OCC(=O)O)c(C(=O)O)c1)NC(=O)C(Cc1ccccc1)N1CCCC1=O. The lowest BCUT2D eigenvalue weighted by molar-refractivity contribution is -0.139. The van der Waals surface area contributed by atoms with E-state index in [9.17, 15) is 29.1 Å². The minimum atomic E-state index is -1.33. The summed E-state index contributed by atoms with van der Waals surface area (Å²) in [5.74, 6) is -3.73. The first kappa shape index (κ1) is 31.1. The van der Waals surface area contributed by atoms with E-state index in [1.165, 1.54) is 18.2 Å². The van der Waals surface area contributed by atoms with E-state index in [1.54, 1.807) is 4.90 Å². The van der Waals surface area contributed by atoms with E-state index in [0.717, 1.165) is 24.8 Å². The van der Waals surface area contributed by atoms with E-state index in [1.807, 2.05) is 37.3 Å². The van der Waals surface area contributed by atoms with Crippen molar-refractivity contribution in [3.63, 3.8) is 0 Å². The van der Waals surface area contributed by atoms with Crippen molar-refractivity contribution in [2.75, 3.05) is 19.7 Å². The van der Waals surface area contributed by atoms with E-state index < -0.39 is 42.4 Å². The number of likely N-dealkylation sites (tertiary alicyclic amines) is 1. The van der Waals surface area contributed by atoms with Gasteiger partial charge in [0.1, 0.15) is 23.4 Å². The van der Waals surface area contributed by atoms with E-state index in [2.05, 4.69) is 10.6 Å². The van der Waals surface area contributed by atoms with E-state index in [0.29, 0.717) is 31.5 Å². The Kier molecular flexibility index (Phi) is 11.7. The van der Waals surface area contributed by atoms with Crippen LogP contribution in [0.15, 0.2) is 48.5 Å². The molecule has 41 heavy (non-hydrogen) atoms. The Morgan fingerprint density at radius 1 is 0.976 bits per heavy atom. The topological polar surface area (TPSA) is 162 Å². The van der Waals surface area contributed by atoms with Gasteiger partial charge in [-0.15, -0.1) is 0 Å². The second-order valence-electron chi connectivity index (χ2n) is 9.98. The van der Waals surface area contributed by atoms with Crippen LogP contribution in [0.3, 0.4) is 0 Å². The third-order valence-electron chi connectivity index (χ3n) is 6.84. The Bertz CT molecular complexity index is 1230. The Morgan fingerprint density at radius 2 is 1.73 bits per heavy atom. The molecule has 1 unspecified atom stereocenters. The monoisotopic (exact) mass is 567 g/mol. The molecule has 0 radical (unpaired) electrons. The summed E-state index contributed by atoms with van der Waals surface area (Å²) in [4.78, 5) is 63.8. The number of rotatable bonds is 16. The Hall–Kier alpha value is -4.41. The standard InChI is InChI=1S/C30H37N3O8/c1-2-3-7-14-31-28(37)23(17-21-12-13-25(41-19-27(35)36)22(16-21)30(39)40)32-29(38)24(33-15-8-11-26(33)34)18-20-9-5-4-6-10-20/h4-6,9-10,12-13,16,23-24H,2-3,7-8,11,14-15,17-19H2,1H3,(H,31,37)(H,32,38)(H,35,36)(H,39,40)/t23-,24?/m0/s1. The first-order valence-electron chi connectivity index (χ1n) is 13.8. The molecular weight excluding hydrogens is 530 g/mol. The summed E-state index contributed by atoms with van der Waals surface area (Å²) in [5.41, 5.74) is 1.04. The molecule has 220 valence electrons. The maximum atomic E-state index is 13.7. The average molecular weight is 568 g/mol. The molecule has 0 saturated carbocycles. The van der Waals surface area contributed by atoms with Crippen LogP contribution in [0.1, 0.15) is 60.5 Å². The van der Waals surface area contributed by atoms with Gasteiger partial charge in [0, 0.05) is 32.4 Å². The molecule has 1 aliphatic heterocycles. The first-order valence-corrected chi connectivity index (χ1v) is 13.8. The minimum Gasteiger partial charge on any atom is -0.481 e. The molecule has 11 heteroatoms. The van der Waals surface area contributed by atoms with Crippen LogP contribution in [-0.4, -0.2) is 76.6 Å². The van der Waals surface area contributed by atoms with Crippen LogP contribution in [0.2, 0.25) is 0 Å². The second-order valence-corrected chi connectivity index (χ2v) is 9.98. The zero-order valence-corrected chi connectivity index (χ0v) is 23.1. The van der Waals surface area contributed by atoms with Crippen molar-refractivity contribution < 1.29 is 38.9 Å². The van der Waals surface area contributed by atoms with Crippen LogP contribution in [0.5, 0.6) is 5.75 Å². The van der Waals surface area contributed by atoms with Crippen molar-refractivity contribution in [3.8, 4) is 5.75 Å². The summed E-state index contributed by atoms with van der Waals surface area (Å²) in [6.07, 6.45) is 3.91. The van der Waals surface area contributed by atoms with Crippen molar-refractivity contribution in [2.45, 2.75) is 64.0 Å². The average Bonchev–Trinajstić information content (AvgIpc) is 3.38. The molecule has 0 aliphatic carbocycles. The Balaban J connectivity index is 1.85. The number of amides is 3. The predicted molar refractivity (Wildman–Crippen MR) is 150 cm³/mol. The highest BCUT2D eigenvalue weighted by molar-refractivity contribution is 5.93. The molecule has 1 saturated heterocycles. The number of carbonyl (C=O) groups is 5. The molecular formula is C30H37N3O8. The maximum Gasteiger partial charge on any atom is 0.341 e. The number of hydrogen-bond acceptors (Lipinski definition) is 6. The van der Waals surface area contributed by atoms with Crippen molar-refractivity contribution >= 4 is 29.7 Å². The molecule has 1 aliphatic rings. The van der Waals surface area contributed by atoms with Gasteiger partial charge in [0.15, 0.2) is 6.61 Å². The Morgan fingerprint density at radius 3 is 2.37 bits per heavy atom. The largest absolute Gasteiger partial charge is 0.481 e. The van der Waals surface area contributed by atoms with Crippen LogP contribution in [0.25, 0.3) is 0 Å². The fourth-order valence-corrected chi connectivity index (χ4v) is 4.74. The third-order valence-corrected chi connectivity index (χ3v) is 6.84. The number of carboxylic acid groups (broad SMARTS) is 2. The lowest BCUT2D eigenvalue weighted by Crippen LogP contribution is -2.55. The van der Waals surface area contributed by atoms with E-state index in [4.69, 9.17) is 9.84 Å². The normalized spacial score (nSPS) is 14.3. The second kappa shape index (κ2) is 15.4. The van der Waals surface area contributed by atoms with Crippen molar-refractivity contribution in [2.24, 2.45) is 0 Å². The number of carbonyl (C=O) groups excluding carboxylic acids is 3. The molecule has 0 aromatic heterocycles. The number of aliphatic carboxylic acids is 1. The zero-order valence-electron chi connectivity index (χ0n) is 23.1. The zero-order chi connectivity index (χ0) is 29.8. The number of nitrogens with one attached hydrogen (secondary N) is 2. The quantitative estimate of drug-likeness (QED) is 0.225. The van der Waals surface area contributed by atoms with Crippen LogP contribution >= 0.6 is 0 Å². The lowest BCUT2D eigenvalue weighted by atomic mass is 10.00. The number of carboxylic acids is 2. The van der Waals surface area contributed by atoms with E-state index in [-0.39, 0.29) is 30.1 Å². The molecule has 11 nitrogen and oxygen atoms in total. The van der Waals surface area contributed by atoms with Crippen molar-refractivity contribution in [3.05, 3.63) is 65.2 Å². The third kappa shape index (κ3) is 9.33. The lowest BCUT2D eigenvalue weighted by Gasteiger charge is -2.29. The van der Waals surface area contributed by atoms with Gasteiger partial charge < -0.3 is 30.5 Å². The fraction of sp³-hybridized carbons (Fsp3) is 0.433. The van der Waals surface area contributed by atoms with Crippen LogP contribution in [-0.2, 0) is 32.0 Å². The number of nitrogens with zero attached hydrogens (tertiary/aromatic N) is 1. The molecule has 2 aromatic rings. The summed E-state index contributed by atoms with van der Waals surface area (Å²) >= 11 is 0. The highest BCUT2D eigenvalue weighted by Crippen LogP contribution is 2.22. The number of hydrogen-bond donors (Lipinski definition) is 4. The highest BCUT2D eigenvalue weighted by atomic mass is 16.5. The molecule has 0 bridgehead atoms. The van der Waals surface area contributed by atoms with Gasteiger partial charge in [-0.25, -0.2) is 9.59 Å². The molecule has 3 rings (SSSR count). The van der Waals surface area contributed by atoms with Gasteiger partial charge in [0.25, 0.3) is 0 Å². The number of ether oxygens (including phenoxy) is 1. The minimum absolute atomic E-state index is 0.0309. The van der Waals surface area contributed by atoms with Gasteiger partial charge in [-0.2, -0.15) is 0 Å². The molecule has 1 heterocycles. The number of benzene rings is 2. The van der Waals surface area contributed by atoms with Crippen molar-refractivity contribution in [1.29, 1.82) is 0 Å². The predicted octanol–water partition coefficient (Wildman–Crippen LogP) is 2.42. The van der Waals surface area contributed by atoms with Crippen LogP contribution in [0.4, 0.5) is 0 Å². The van der Waals surface area contributed by atoms with Crippen LogP contribution < -0.4 is 15.4 Å². The highest BCUT2D eigenvalue weighted by Gasteiger charge is 2.35. The maximum absolute atomic E-state index is 13.7. The van der Waals surface area contributed by atoms with Gasteiger partial charge in [0.2, 0.25) is 17.7 Å². The molecule has 3 amide bonds. The fourth-order valence-electron chi connectivity index (χ4n) is 4.74. The smallest absolute Gasteiger partial charge is 0.341 e. The van der Waals surface area contributed by atoms with Gasteiger partial charge in [-0.1, -0.05) is 56.2 Å². The molecule has 4 N–H and O–H groups in total. The number of unbranched alkanes of at least 4 members (excludes halogenated alkanes) is 2. The molecule has 2 atom stereocenters. The first-order chi connectivity index (χ1) is 19.7. The number of aromatic carboxylic acids is 1. The molecule has 1 fully saturated rings. The van der Waals surface area contributed by atoms with Crippen molar-refractivity contribution in [1.82, 2.24) is 15.5 Å². The van der Waals surface area contributed by atoms with Gasteiger partial charge in [-0.05, 0) is 36.1 Å². The summed E-state index contributed by atoms with van der Waals surface area (Å²) in [6.45, 7) is 2.19. The summed E-state index contributed by atoms with van der Waals surface area (Å²) in [5, 5.41) is 24.2. The van der Waals surface area contributed by atoms with Gasteiger partial charge in [-0.3, -0.25) is 14.4 Å². The molecule has 0 spiro atoms. The van der Waals surface area contributed by atoms with Gasteiger partial charge in [0.05, 0.1) is 0 Å². The summed E-state index contributed by atoms with van der Waals surface area (Å²) in [7, 11) is 0. The van der Waals surface area contributed by atoms with Crippen LogP contribution in [0, 0.1) is 0 Å². The molecule has 2 aromatic carbocycles. The Labute approximate surface area is 238 Å². The van der Waals surface area contributed by atoms with E-state index >= 15 is 0 Å². The van der Waals surface area contributed by atoms with Gasteiger partial charge >= 0.3 is 11.9 Å². The summed E-state index contributed by atoms with van der Waals surface area (Å²) in [6, 6.07) is 11.6.